The maximum Gasteiger partial charge on any atom is 0.256 e. The third kappa shape index (κ3) is 3.90. The van der Waals surface area contributed by atoms with E-state index in [1.807, 2.05) is 6.20 Å². The van der Waals surface area contributed by atoms with Crippen LogP contribution >= 0.6 is 0 Å². The zero-order valence-electron chi connectivity index (χ0n) is 19.1. The van der Waals surface area contributed by atoms with Crippen molar-refractivity contribution < 1.29 is 14.3 Å². The first-order chi connectivity index (χ1) is 15.7. The number of ether oxygens (including phenoxy) is 1. The quantitative estimate of drug-likeness (QED) is 0.609. The van der Waals surface area contributed by atoms with Crippen molar-refractivity contribution in [1.82, 2.24) is 20.4 Å². The van der Waals surface area contributed by atoms with E-state index in [1.54, 1.807) is 0 Å². The van der Waals surface area contributed by atoms with Crippen LogP contribution in [0, 0.1) is 5.92 Å². The van der Waals surface area contributed by atoms with Crippen LogP contribution in [0.3, 0.4) is 0 Å². The second-order valence-corrected chi connectivity index (χ2v) is 10.9. The number of nitrogens with one attached hydrogen (secondary N) is 2. The van der Waals surface area contributed by atoms with E-state index >= 15 is 0 Å². The SMILES string of the molecule is O=C(NCCN1CCCC1)C1=CN2C3CCCCC3OC3C(NC4CC4)CCC(C1=O)C32. The Morgan fingerprint density at radius 2 is 1.84 bits per heavy atom. The van der Waals surface area contributed by atoms with Gasteiger partial charge >= 0.3 is 0 Å². The topological polar surface area (TPSA) is 73.9 Å². The smallest absolute Gasteiger partial charge is 0.256 e. The van der Waals surface area contributed by atoms with Crippen molar-refractivity contribution in [3.05, 3.63) is 11.8 Å². The molecule has 5 fully saturated rings. The van der Waals surface area contributed by atoms with E-state index in [4.69, 9.17) is 4.74 Å². The van der Waals surface area contributed by atoms with Gasteiger partial charge in [0.2, 0.25) is 0 Å². The van der Waals surface area contributed by atoms with E-state index in [0.29, 0.717) is 30.2 Å². The van der Waals surface area contributed by atoms with Gasteiger partial charge in [0.05, 0.1) is 29.9 Å². The van der Waals surface area contributed by atoms with Crippen LogP contribution in [0.2, 0.25) is 0 Å². The molecular formula is C25H38N4O3. The minimum absolute atomic E-state index is 0.0395. The second-order valence-electron chi connectivity index (χ2n) is 10.9. The lowest BCUT2D eigenvalue weighted by atomic mass is 9.70. The molecule has 0 radical (unpaired) electrons. The molecule has 32 heavy (non-hydrogen) atoms. The van der Waals surface area contributed by atoms with Crippen molar-refractivity contribution in [3.63, 3.8) is 0 Å². The molecule has 6 rings (SSSR count). The van der Waals surface area contributed by atoms with Crippen LogP contribution in [-0.4, -0.2) is 84.0 Å². The van der Waals surface area contributed by atoms with Gasteiger partial charge in [0.15, 0.2) is 5.78 Å². The Labute approximate surface area is 191 Å². The summed E-state index contributed by atoms with van der Waals surface area (Å²) >= 11 is 0. The van der Waals surface area contributed by atoms with Crippen LogP contribution < -0.4 is 10.6 Å². The molecule has 3 aliphatic carbocycles. The lowest BCUT2D eigenvalue weighted by Gasteiger charge is -2.58. The number of morpholine rings is 1. The number of likely N-dealkylation sites (tertiary alicyclic amines) is 1. The van der Waals surface area contributed by atoms with Gasteiger partial charge < -0.3 is 25.2 Å². The van der Waals surface area contributed by atoms with Gasteiger partial charge in [0.25, 0.3) is 5.91 Å². The fourth-order valence-electron chi connectivity index (χ4n) is 6.92. The largest absolute Gasteiger partial charge is 0.369 e. The molecule has 7 heteroatoms. The van der Waals surface area contributed by atoms with E-state index in [1.165, 1.54) is 38.5 Å². The normalized spacial score (nSPS) is 39.3. The molecule has 0 aromatic carbocycles. The molecule has 6 aliphatic rings. The van der Waals surface area contributed by atoms with Crippen LogP contribution in [0.4, 0.5) is 0 Å². The van der Waals surface area contributed by atoms with Crippen molar-refractivity contribution in [2.45, 2.75) is 101 Å². The number of ketones is 1. The van der Waals surface area contributed by atoms with Gasteiger partial charge in [0.1, 0.15) is 0 Å². The number of fused-ring (bicyclic) bond motifs is 2. The van der Waals surface area contributed by atoms with Crippen LogP contribution in [0.1, 0.15) is 64.2 Å². The lowest BCUT2D eigenvalue weighted by Crippen LogP contribution is -2.70. The fourth-order valence-corrected chi connectivity index (χ4v) is 6.92. The Morgan fingerprint density at radius 1 is 1.03 bits per heavy atom. The average Bonchev–Trinajstić information content (AvgIpc) is 3.47. The van der Waals surface area contributed by atoms with Crippen LogP contribution in [0.25, 0.3) is 0 Å². The third-order valence-corrected chi connectivity index (χ3v) is 8.73. The van der Waals surface area contributed by atoms with Gasteiger partial charge in [-0.1, -0.05) is 12.8 Å². The number of hydrogen-bond acceptors (Lipinski definition) is 6. The van der Waals surface area contributed by atoms with Crippen molar-refractivity contribution in [1.29, 1.82) is 0 Å². The van der Waals surface area contributed by atoms with E-state index in [9.17, 15) is 9.59 Å². The standard InChI is InChI=1S/C25H38N4O3/c30-23-17-9-10-19(27-16-7-8-16)24-22(17)29(20-5-1-2-6-21(20)32-24)15-18(23)25(31)26-11-14-28-12-3-4-13-28/h15-17,19-22,24,27H,1-14H2,(H,26,31). The number of carbonyl (C=O) groups is 2. The van der Waals surface area contributed by atoms with Gasteiger partial charge in [-0.2, -0.15) is 0 Å². The Balaban J connectivity index is 1.22. The van der Waals surface area contributed by atoms with Crippen LogP contribution in [0.15, 0.2) is 11.8 Å². The molecule has 1 amide bonds. The molecule has 7 nitrogen and oxygen atoms in total. The van der Waals surface area contributed by atoms with Crippen molar-refractivity contribution >= 4 is 11.7 Å². The number of hydrogen-bond donors (Lipinski definition) is 2. The van der Waals surface area contributed by atoms with Gasteiger partial charge in [-0.15, -0.1) is 0 Å². The molecule has 3 heterocycles. The Kier molecular flexibility index (Phi) is 5.76. The lowest BCUT2D eigenvalue weighted by molar-refractivity contribution is -0.188. The van der Waals surface area contributed by atoms with Gasteiger partial charge in [-0.25, -0.2) is 0 Å². The van der Waals surface area contributed by atoms with Crippen LogP contribution in [-0.2, 0) is 14.3 Å². The summed E-state index contributed by atoms with van der Waals surface area (Å²) in [7, 11) is 0. The monoisotopic (exact) mass is 442 g/mol. The van der Waals surface area contributed by atoms with Crippen molar-refractivity contribution in [2.75, 3.05) is 26.2 Å². The second kappa shape index (κ2) is 8.73. The minimum Gasteiger partial charge on any atom is -0.369 e. The maximum absolute atomic E-state index is 13.5. The van der Waals surface area contributed by atoms with Crippen molar-refractivity contribution in [3.8, 4) is 0 Å². The predicted octanol–water partition coefficient (Wildman–Crippen LogP) is 1.58. The molecule has 0 spiro atoms. The number of carbonyl (C=O) groups excluding carboxylic acids is 2. The van der Waals surface area contributed by atoms with Crippen molar-refractivity contribution in [2.24, 2.45) is 5.92 Å². The Hall–Kier alpha value is -1.44. The highest BCUT2D eigenvalue weighted by Gasteiger charge is 2.56. The van der Waals surface area contributed by atoms with E-state index in [-0.39, 0.29) is 35.9 Å². The molecule has 3 saturated carbocycles. The van der Waals surface area contributed by atoms with E-state index in [0.717, 1.165) is 45.3 Å². The summed E-state index contributed by atoms with van der Waals surface area (Å²) in [6.45, 7) is 3.73. The number of amides is 1. The summed E-state index contributed by atoms with van der Waals surface area (Å²) in [6.07, 6.45) is 13.6. The number of rotatable bonds is 6. The molecule has 3 aliphatic heterocycles. The summed E-state index contributed by atoms with van der Waals surface area (Å²) in [5, 5.41) is 6.87. The summed E-state index contributed by atoms with van der Waals surface area (Å²) in [5.74, 6) is -0.261. The van der Waals surface area contributed by atoms with E-state index < -0.39 is 0 Å². The molecule has 2 N–H and O–H groups in total. The molecule has 0 aromatic rings. The highest BCUT2D eigenvalue weighted by molar-refractivity contribution is 6.20. The molecule has 2 saturated heterocycles. The molecule has 176 valence electrons. The Bertz CT molecular complexity index is 775. The van der Waals surface area contributed by atoms with Gasteiger partial charge in [0, 0.05) is 37.3 Å². The first-order valence-corrected chi connectivity index (χ1v) is 13.1. The summed E-state index contributed by atoms with van der Waals surface area (Å²) in [5.41, 5.74) is 0.381. The minimum atomic E-state index is -0.179. The molecule has 6 unspecified atom stereocenters. The zero-order valence-corrected chi connectivity index (χ0v) is 19.1. The molecular weight excluding hydrogens is 404 g/mol. The number of nitrogens with zero attached hydrogens (tertiary/aromatic N) is 2. The summed E-state index contributed by atoms with van der Waals surface area (Å²) < 4.78 is 6.75. The summed E-state index contributed by atoms with van der Waals surface area (Å²) in [4.78, 5) is 31.4. The Morgan fingerprint density at radius 3 is 2.66 bits per heavy atom. The third-order valence-electron chi connectivity index (χ3n) is 8.73. The zero-order chi connectivity index (χ0) is 21.7. The highest BCUT2D eigenvalue weighted by Crippen LogP contribution is 2.45. The molecule has 0 bridgehead atoms. The van der Waals surface area contributed by atoms with Gasteiger partial charge in [-0.05, 0) is 64.5 Å². The molecule has 6 atom stereocenters. The summed E-state index contributed by atoms with van der Waals surface area (Å²) in [6, 6.07) is 1.33. The van der Waals surface area contributed by atoms with E-state index in [2.05, 4.69) is 20.4 Å². The average molecular weight is 443 g/mol. The first-order valence-electron chi connectivity index (χ1n) is 13.1. The van der Waals surface area contributed by atoms with Crippen LogP contribution in [0.5, 0.6) is 0 Å². The highest BCUT2D eigenvalue weighted by atomic mass is 16.5. The first kappa shape index (κ1) is 21.1. The predicted molar refractivity (Wildman–Crippen MR) is 121 cm³/mol. The number of Topliss-reactive ketones (excluding diaryl/α,β-unsaturated/α-hetero) is 1. The van der Waals surface area contributed by atoms with Gasteiger partial charge in [-0.3, -0.25) is 9.59 Å². The molecule has 0 aromatic heterocycles. The maximum atomic E-state index is 13.5. The fraction of sp³-hybridized carbons (Fsp3) is 0.840.